The molecule has 0 spiro atoms. The predicted molar refractivity (Wildman–Crippen MR) is 77.4 cm³/mol. The highest BCUT2D eigenvalue weighted by Gasteiger charge is 2.10. The Kier molecular flexibility index (Phi) is 4.13. The zero-order chi connectivity index (χ0) is 14.8. The molecule has 0 aliphatic heterocycles. The van der Waals surface area contributed by atoms with Gasteiger partial charge >= 0.3 is 5.97 Å². The second-order valence-corrected chi connectivity index (χ2v) is 7.09. The van der Waals surface area contributed by atoms with E-state index in [2.05, 4.69) is 9.72 Å². The van der Waals surface area contributed by atoms with Gasteiger partial charge in [-0.2, -0.15) is 0 Å². The maximum atomic E-state index is 11.3. The zero-order valence-corrected chi connectivity index (χ0v) is 12.3. The van der Waals surface area contributed by atoms with Crippen LogP contribution in [0.1, 0.15) is 11.1 Å². The number of ether oxygens (including phenoxy) is 1. The molecule has 1 aromatic heterocycles. The number of aromatic amines is 1. The van der Waals surface area contributed by atoms with Crippen molar-refractivity contribution in [3.05, 3.63) is 35.5 Å². The standard InChI is InChI=1S/C14H17NO4S/c1-19-14(16)8-10-3-4-13-12(7-10)11(9-15-13)5-6-20(2,17)18/h3-4,7,9,15H,5-6,8H2,1-2H3. The number of methoxy groups -OCH3 is 1. The largest absolute Gasteiger partial charge is 0.469 e. The lowest BCUT2D eigenvalue weighted by molar-refractivity contribution is -0.139. The molecule has 20 heavy (non-hydrogen) atoms. The lowest BCUT2D eigenvalue weighted by Crippen LogP contribution is -2.06. The van der Waals surface area contributed by atoms with Gasteiger partial charge in [0.05, 0.1) is 19.3 Å². The van der Waals surface area contributed by atoms with Gasteiger partial charge in [0, 0.05) is 23.4 Å². The van der Waals surface area contributed by atoms with E-state index >= 15 is 0 Å². The number of aryl methyl sites for hydroxylation is 1. The molecule has 2 rings (SSSR count). The molecule has 1 heterocycles. The molecule has 1 N–H and O–H groups in total. The van der Waals surface area contributed by atoms with E-state index in [1.54, 1.807) is 0 Å². The average Bonchev–Trinajstić information content (AvgIpc) is 2.78. The third-order valence-electron chi connectivity index (χ3n) is 3.15. The fraction of sp³-hybridized carbons (Fsp3) is 0.357. The number of H-pyrrole nitrogens is 1. The van der Waals surface area contributed by atoms with E-state index in [4.69, 9.17) is 0 Å². The van der Waals surface area contributed by atoms with Gasteiger partial charge in [0.15, 0.2) is 0 Å². The summed E-state index contributed by atoms with van der Waals surface area (Å²) in [5.41, 5.74) is 2.73. The molecule has 0 amide bonds. The Morgan fingerprint density at radius 2 is 2.10 bits per heavy atom. The molecule has 0 aliphatic rings. The molecule has 108 valence electrons. The number of aromatic nitrogens is 1. The molecule has 0 radical (unpaired) electrons. The van der Waals surface area contributed by atoms with E-state index in [-0.39, 0.29) is 18.1 Å². The summed E-state index contributed by atoms with van der Waals surface area (Å²) in [6, 6.07) is 5.65. The lowest BCUT2D eigenvalue weighted by Gasteiger charge is -2.02. The summed E-state index contributed by atoms with van der Waals surface area (Å²) in [5, 5.41) is 0.954. The van der Waals surface area contributed by atoms with Gasteiger partial charge in [0.1, 0.15) is 9.84 Å². The van der Waals surface area contributed by atoms with Crippen LogP contribution in [0.4, 0.5) is 0 Å². The van der Waals surface area contributed by atoms with Crippen molar-refractivity contribution in [3.8, 4) is 0 Å². The topological polar surface area (TPSA) is 76.2 Å². The van der Waals surface area contributed by atoms with Crippen molar-refractivity contribution >= 4 is 26.7 Å². The van der Waals surface area contributed by atoms with Gasteiger partial charge in [-0.1, -0.05) is 6.07 Å². The second kappa shape index (κ2) is 5.66. The molecule has 5 nitrogen and oxygen atoms in total. The Morgan fingerprint density at radius 1 is 1.35 bits per heavy atom. The Bertz CT molecular complexity index is 731. The molecule has 0 saturated heterocycles. The number of rotatable bonds is 5. The number of hydrogen-bond acceptors (Lipinski definition) is 4. The molecular formula is C14H17NO4S. The fourth-order valence-corrected chi connectivity index (χ4v) is 2.67. The van der Waals surface area contributed by atoms with Gasteiger partial charge in [-0.15, -0.1) is 0 Å². The van der Waals surface area contributed by atoms with Crippen molar-refractivity contribution in [1.29, 1.82) is 0 Å². The maximum Gasteiger partial charge on any atom is 0.309 e. The summed E-state index contributed by atoms with van der Waals surface area (Å²) in [7, 11) is -1.63. The van der Waals surface area contributed by atoms with Gasteiger partial charge in [-0.05, 0) is 29.7 Å². The summed E-state index contributed by atoms with van der Waals surface area (Å²) in [4.78, 5) is 14.4. The number of hydrogen-bond donors (Lipinski definition) is 1. The van der Waals surface area contributed by atoms with Crippen LogP contribution in [0.2, 0.25) is 0 Å². The SMILES string of the molecule is COC(=O)Cc1ccc2[nH]cc(CCS(C)(=O)=O)c2c1. The van der Waals surface area contributed by atoms with Gasteiger partial charge in [-0.3, -0.25) is 4.79 Å². The van der Waals surface area contributed by atoms with Crippen LogP contribution < -0.4 is 0 Å². The van der Waals surface area contributed by atoms with Crippen LogP contribution in [0.15, 0.2) is 24.4 Å². The monoisotopic (exact) mass is 295 g/mol. The molecule has 0 fully saturated rings. The number of benzene rings is 1. The normalized spacial score (nSPS) is 11.7. The Morgan fingerprint density at radius 3 is 2.75 bits per heavy atom. The van der Waals surface area contributed by atoms with Crippen LogP contribution in [-0.4, -0.2) is 38.5 Å². The fourth-order valence-electron chi connectivity index (χ4n) is 2.08. The molecule has 0 bridgehead atoms. The van der Waals surface area contributed by atoms with Gasteiger partial charge in [0.2, 0.25) is 0 Å². The van der Waals surface area contributed by atoms with Crippen LogP contribution in [0.25, 0.3) is 10.9 Å². The molecule has 2 aromatic rings. The number of nitrogens with one attached hydrogen (secondary N) is 1. The Labute approximate surface area is 117 Å². The van der Waals surface area contributed by atoms with Gasteiger partial charge in [0.25, 0.3) is 0 Å². The first kappa shape index (κ1) is 14.6. The molecule has 0 saturated carbocycles. The van der Waals surface area contributed by atoms with E-state index in [1.165, 1.54) is 13.4 Å². The lowest BCUT2D eigenvalue weighted by atomic mass is 10.1. The summed E-state index contributed by atoms with van der Waals surface area (Å²) >= 11 is 0. The zero-order valence-electron chi connectivity index (χ0n) is 11.5. The van der Waals surface area contributed by atoms with Crippen LogP contribution in [0.5, 0.6) is 0 Å². The Balaban J connectivity index is 2.28. The van der Waals surface area contributed by atoms with Crippen molar-refractivity contribution in [1.82, 2.24) is 4.98 Å². The van der Waals surface area contributed by atoms with E-state index in [0.29, 0.717) is 6.42 Å². The first-order chi connectivity index (χ1) is 9.39. The molecule has 0 unspecified atom stereocenters. The molecular weight excluding hydrogens is 278 g/mol. The summed E-state index contributed by atoms with van der Waals surface area (Å²) in [5.74, 6) is -0.182. The Hall–Kier alpha value is -1.82. The van der Waals surface area contributed by atoms with Gasteiger partial charge < -0.3 is 9.72 Å². The first-order valence-electron chi connectivity index (χ1n) is 6.22. The van der Waals surface area contributed by atoms with Crippen molar-refractivity contribution < 1.29 is 17.9 Å². The van der Waals surface area contributed by atoms with Crippen molar-refractivity contribution in [2.24, 2.45) is 0 Å². The third kappa shape index (κ3) is 3.60. The smallest absolute Gasteiger partial charge is 0.309 e. The van der Waals surface area contributed by atoms with E-state index in [1.807, 2.05) is 24.4 Å². The van der Waals surface area contributed by atoms with E-state index in [0.717, 1.165) is 22.0 Å². The second-order valence-electron chi connectivity index (χ2n) is 4.83. The summed E-state index contributed by atoms with van der Waals surface area (Å²) < 4.78 is 27.1. The minimum Gasteiger partial charge on any atom is -0.469 e. The first-order valence-corrected chi connectivity index (χ1v) is 8.28. The van der Waals surface area contributed by atoms with Crippen molar-refractivity contribution in [2.45, 2.75) is 12.8 Å². The number of sulfone groups is 1. The number of esters is 1. The van der Waals surface area contributed by atoms with E-state index < -0.39 is 9.84 Å². The highest BCUT2D eigenvalue weighted by molar-refractivity contribution is 7.90. The van der Waals surface area contributed by atoms with Crippen LogP contribution in [0.3, 0.4) is 0 Å². The quantitative estimate of drug-likeness (QED) is 0.848. The average molecular weight is 295 g/mol. The minimum atomic E-state index is -2.99. The number of carbonyl (C=O) groups is 1. The van der Waals surface area contributed by atoms with Crippen LogP contribution in [-0.2, 0) is 32.2 Å². The number of carbonyl (C=O) groups excluding carboxylic acids is 1. The predicted octanol–water partition coefficient (Wildman–Crippen LogP) is 1.47. The minimum absolute atomic E-state index is 0.112. The summed E-state index contributed by atoms with van der Waals surface area (Å²) in [6.07, 6.45) is 3.71. The molecule has 0 aliphatic carbocycles. The third-order valence-corrected chi connectivity index (χ3v) is 4.10. The molecule has 1 aromatic carbocycles. The molecule has 0 atom stereocenters. The highest BCUT2D eigenvalue weighted by atomic mass is 32.2. The number of fused-ring (bicyclic) bond motifs is 1. The van der Waals surface area contributed by atoms with Crippen LogP contribution >= 0.6 is 0 Å². The summed E-state index contributed by atoms with van der Waals surface area (Å²) in [6.45, 7) is 0. The highest BCUT2D eigenvalue weighted by Crippen LogP contribution is 2.21. The molecule has 6 heteroatoms. The van der Waals surface area contributed by atoms with Crippen molar-refractivity contribution in [2.75, 3.05) is 19.1 Å². The van der Waals surface area contributed by atoms with Gasteiger partial charge in [-0.25, -0.2) is 8.42 Å². The van der Waals surface area contributed by atoms with E-state index in [9.17, 15) is 13.2 Å². The maximum absolute atomic E-state index is 11.3. The van der Waals surface area contributed by atoms with Crippen LogP contribution in [0, 0.1) is 0 Å². The van der Waals surface area contributed by atoms with Crippen molar-refractivity contribution in [3.63, 3.8) is 0 Å².